The molecular weight excluding hydrogens is 240 g/mol. The predicted molar refractivity (Wildman–Crippen MR) is 78.8 cm³/mol. The number of carbonyl (C=O) groups is 1. The van der Waals surface area contributed by atoms with Crippen molar-refractivity contribution in [3.8, 4) is 0 Å². The normalized spacial score (nSPS) is 12.2. The molecule has 106 valence electrons. The fraction of sp³-hybridized carbons (Fsp3) is 0.533. The van der Waals surface area contributed by atoms with Gasteiger partial charge in [0.05, 0.1) is 0 Å². The zero-order chi connectivity index (χ0) is 14.3. The molecular formula is C15H24N2O2. The molecule has 1 aromatic carbocycles. The van der Waals surface area contributed by atoms with Crippen molar-refractivity contribution in [3.05, 3.63) is 29.8 Å². The van der Waals surface area contributed by atoms with Gasteiger partial charge in [-0.05, 0) is 38.9 Å². The molecule has 0 aliphatic heterocycles. The number of aryl methyl sites for hydroxylation is 1. The van der Waals surface area contributed by atoms with E-state index in [1.165, 1.54) is 5.56 Å². The minimum atomic E-state index is -0.776. The minimum absolute atomic E-state index is 0.468. The van der Waals surface area contributed by atoms with Crippen LogP contribution >= 0.6 is 0 Å². The largest absolute Gasteiger partial charge is 0.480 e. The van der Waals surface area contributed by atoms with Gasteiger partial charge in [-0.3, -0.25) is 4.79 Å². The fourth-order valence-corrected chi connectivity index (χ4v) is 2.07. The number of carboxylic acids is 1. The molecule has 19 heavy (non-hydrogen) atoms. The summed E-state index contributed by atoms with van der Waals surface area (Å²) < 4.78 is 0. The topological polar surface area (TPSA) is 52.6 Å². The predicted octanol–water partition coefficient (Wildman–Crippen LogP) is 2.27. The minimum Gasteiger partial charge on any atom is -0.480 e. The van der Waals surface area contributed by atoms with Crippen molar-refractivity contribution >= 4 is 11.7 Å². The SMILES string of the molecule is CCNC(CCN(CC)c1ccc(C)cc1)C(=O)O. The maximum Gasteiger partial charge on any atom is 0.320 e. The molecule has 1 atom stereocenters. The molecule has 0 bridgehead atoms. The molecule has 0 heterocycles. The van der Waals surface area contributed by atoms with E-state index in [2.05, 4.69) is 48.3 Å². The summed E-state index contributed by atoms with van der Waals surface area (Å²) in [7, 11) is 0. The second-order valence-corrected chi connectivity index (χ2v) is 4.65. The van der Waals surface area contributed by atoms with E-state index in [0.29, 0.717) is 13.0 Å². The highest BCUT2D eigenvalue weighted by Crippen LogP contribution is 2.15. The van der Waals surface area contributed by atoms with Gasteiger partial charge in [0.25, 0.3) is 0 Å². The molecule has 0 amide bonds. The van der Waals surface area contributed by atoms with Crippen LogP contribution in [0, 0.1) is 6.92 Å². The Kier molecular flexibility index (Phi) is 6.36. The first-order chi connectivity index (χ1) is 9.08. The van der Waals surface area contributed by atoms with Crippen molar-refractivity contribution in [2.45, 2.75) is 33.2 Å². The first-order valence-electron chi connectivity index (χ1n) is 6.86. The number of benzene rings is 1. The van der Waals surface area contributed by atoms with Crippen LogP contribution in [0.3, 0.4) is 0 Å². The number of rotatable bonds is 8. The number of nitrogens with zero attached hydrogens (tertiary/aromatic N) is 1. The molecule has 0 radical (unpaired) electrons. The zero-order valence-electron chi connectivity index (χ0n) is 12.0. The summed E-state index contributed by atoms with van der Waals surface area (Å²) in [5.41, 5.74) is 2.38. The maximum absolute atomic E-state index is 11.1. The molecule has 0 aliphatic carbocycles. The maximum atomic E-state index is 11.1. The summed E-state index contributed by atoms with van der Waals surface area (Å²) in [6.07, 6.45) is 0.602. The second kappa shape index (κ2) is 7.79. The number of likely N-dealkylation sites (N-methyl/N-ethyl adjacent to an activating group) is 1. The third kappa shape index (κ3) is 4.91. The van der Waals surface area contributed by atoms with E-state index >= 15 is 0 Å². The second-order valence-electron chi connectivity index (χ2n) is 4.65. The molecule has 1 unspecified atom stereocenters. The Hall–Kier alpha value is -1.55. The average molecular weight is 264 g/mol. The summed E-state index contributed by atoms with van der Waals surface area (Å²) >= 11 is 0. The third-order valence-electron chi connectivity index (χ3n) is 3.22. The van der Waals surface area contributed by atoms with Gasteiger partial charge in [-0.1, -0.05) is 24.6 Å². The van der Waals surface area contributed by atoms with E-state index in [1.54, 1.807) is 0 Å². The van der Waals surface area contributed by atoms with Gasteiger partial charge in [0, 0.05) is 18.8 Å². The molecule has 0 aromatic heterocycles. The van der Waals surface area contributed by atoms with Crippen molar-refractivity contribution in [2.75, 3.05) is 24.5 Å². The Morgan fingerprint density at radius 2 is 1.95 bits per heavy atom. The molecule has 0 saturated heterocycles. The van der Waals surface area contributed by atoms with Gasteiger partial charge in [0.2, 0.25) is 0 Å². The van der Waals surface area contributed by atoms with E-state index in [4.69, 9.17) is 5.11 Å². The number of nitrogens with one attached hydrogen (secondary N) is 1. The van der Waals surface area contributed by atoms with Crippen LogP contribution in [0.15, 0.2) is 24.3 Å². The van der Waals surface area contributed by atoms with Crippen molar-refractivity contribution in [1.82, 2.24) is 5.32 Å². The Bertz CT molecular complexity index is 390. The summed E-state index contributed by atoms with van der Waals surface area (Å²) in [6.45, 7) is 8.36. The van der Waals surface area contributed by atoms with Crippen molar-refractivity contribution in [1.29, 1.82) is 0 Å². The molecule has 0 spiro atoms. The van der Waals surface area contributed by atoms with Crippen LogP contribution in [0.5, 0.6) is 0 Å². The van der Waals surface area contributed by atoms with E-state index < -0.39 is 12.0 Å². The monoisotopic (exact) mass is 264 g/mol. The van der Waals surface area contributed by atoms with Gasteiger partial charge in [-0.25, -0.2) is 0 Å². The van der Waals surface area contributed by atoms with E-state index in [0.717, 1.165) is 18.8 Å². The summed E-state index contributed by atoms with van der Waals surface area (Å²) in [5, 5.41) is 12.1. The molecule has 0 saturated carbocycles. The highest BCUT2D eigenvalue weighted by molar-refractivity contribution is 5.73. The molecule has 4 nitrogen and oxygen atoms in total. The van der Waals surface area contributed by atoms with E-state index in [9.17, 15) is 4.79 Å². The summed E-state index contributed by atoms with van der Waals surface area (Å²) in [4.78, 5) is 13.3. The molecule has 1 aromatic rings. The van der Waals surface area contributed by atoms with Gasteiger partial charge in [-0.2, -0.15) is 0 Å². The number of aliphatic carboxylic acids is 1. The van der Waals surface area contributed by atoms with Gasteiger partial charge < -0.3 is 15.3 Å². The number of hydrogen-bond donors (Lipinski definition) is 2. The van der Waals surface area contributed by atoms with Crippen molar-refractivity contribution < 1.29 is 9.90 Å². The quantitative estimate of drug-likeness (QED) is 0.756. The Morgan fingerprint density at radius 3 is 2.42 bits per heavy atom. The van der Waals surface area contributed by atoms with Crippen LogP contribution < -0.4 is 10.2 Å². The molecule has 0 fully saturated rings. The number of anilines is 1. The van der Waals surface area contributed by atoms with Gasteiger partial charge >= 0.3 is 5.97 Å². The lowest BCUT2D eigenvalue weighted by Crippen LogP contribution is -2.39. The zero-order valence-corrected chi connectivity index (χ0v) is 12.0. The lowest BCUT2D eigenvalue weighted by atomic mass is 10.1. The van der Waals surface area contributed by atoms with Crippen LogP contribution in [-0.4, -0.2) is 36.8 Å². The molecule has 0 aliphatic rings. The fourth-order valence-electron chi connectivity index (χ4n) is 2.07. The highest BCUT2D eigenvalue weighted by Gasteiger charge is 2.17. The Balaban J connectivity index is 2.61. The van der Waals surface area contributed by atoms with Gasteiger partial charge in [0.15, 0.2) is 0 Å². The lowest BCUT2D eigenvalue weighted by Gasteiger charge is -2.25. The Labute approximate surface area is 115 Å². The summed E-state index contributed by atoms with van der Waals surface area (Å²) in [5.74, 6) is -0.776. The van der Waals surface area contributed by atoms with Crippen molar-refractivity contribution in [2.24, 2.45) is 0 Å². The van der Waals surface area contributed by atoms with Crippen LogP contribution in [0.1, 0.15) is 25.8 Å². The van der Waals surface area contributed by atoms with Gasteiger partial charge in [-0.15, -0.1) is 0 Å². The lowest BCUT2D eigenvalue weighted by molar-refractivity contribution is -0.139. The average Bonchev–Trinajstić information content (AvgIpc) is 2.39. The smallest absolute Gasteiger partial charge is 0.320 e. The highest BCUT2D eigenvalue weighted by atomic mass is 16.4. The van der Waals surface area contributed by atoms with Crippen LogP contribution in [0.4, 0.5) is 5.69 Å². The molecule has 2 N–H and O–H groups in total. The standard InChI is InChI=1S/C15H24N2O2/c1-4-16-14(15(18)19)10-11-17(5-2)13-8-6-12(3)7-9-13/h6-9,14,16H,4-5,10-11H2,1-3H3,(H,18,19). The summed E-state index contributed by atoms with van der Waals surface area (Å²) in [6, 6.07) is 7.86. The number of hydrogen-bond acceptors (Lipinski definition) is 3. The van der Waals surface area contributed by atoms with Crippen LogP contribution in [-0.2, 0) is 4.79 Å². The van der Waals surface area contributed by atoms with Crippen LogP contribution in [0.25, 0.3) is 0 Å². The van der Waals surface area contributed by atoms with Gasteiger partial charge in [0.1, 0.15) is 6.04 Å². The van der Waals surface area contributed by atoms with Crippen molar-refractivity contribution in [3.63, 3.8) is 0 Å². The number of carboxylic acid groups (broad SMARTS) is 1. The third-order valence-corrected chi connectivity index (χ3v) is 3.22. The first-order valence-corrected chi connectivity index (χ1v) is 6.86. The Morgan fingerprint density at radius 1 is 1.32 bits per heavy atom. The van der Waals surface area contributed by atoms with E-state index in [-0.39, 0.29) is 0 Å². The first kappa shape index (κ1) is 15.5. The molecule has 1 rings (SSSR count). The van der Waals surface area contributed by atoms with E-state index in [1.807, 2.05) is 6.92 Å². The van der Waals surface area contributed by atoms with Crippen LogP contribution in [0.2, 0.25) is 0 Å². The molecule has 4 heteroatoms.